The van der Waals surface area contributed by atoms with Crippen molar-refractivity contribution in [3.05, 3.63) is 34.9 Å². The quantitative estimate of drug-likeness (QED) is 0.461. The third-order valence-corrected chi connectivity index (χ3v) is 2.27. The maximum Gasteiger partial charge on any atom is 0.312 e. The Hall–Kier alpha value is -1.55. The van der Waals surface area contributed by atoms with E-state index < -0.39 is 0 Å². The first-order valence-electron chi connectivity index (χ1n) is 5.10. The number of oxime groups is 1. The lowest BCUT2D eigenvalue weighted by Gasteiger charge is -2.07. The van der Waals surface area contributed by atoms with Crippen molar-refractivity contribution < 1.29 is 14.4 Å². The van der Waals surface area contributed by atoms with E-state index in [2.05, 4.69) is 11.2 Å². The average molecular weight is 255 g/mol. The normalized spacial score (nSPS) is 11.1. The molecule has 0 N–H and O–H groups in total. The Kier molecular flexibility index (Phi) is 5.49. The van der Waals surface area contributed by atoms with Crippen LogP contribution in [0.1, 0.15) is 18.9 Å². The lowest BCUT2D eigenvalue weighted by atomic mass is 10.1. The molecule has 17 heavy (non-hydrogen) atoms. The summed E-state index contributed by atoms with van der Waals surface area (Å²) in [7, 11) is 1.41. The molecule has 0 atom stereocenters. The van der Waals surface area contributed by atoms with Crippen molar-refractivity contribution in [3.63, 3.8) is 0 Å². The molecule has 1 radical (unpaired) electrons. The topological polar surface area (TPSA) is 47.9 Å². The van der Waals surface area contributed by atoms with Crippen molar-refractivity contribution in [3.8, 4) is 0 Å². The zero-order valence-electron chi connectivity index (χ0n) is 9.70. The largest absolute Gasteiger partial charge is 0.466 e. The summed E-state index contributed by atoms with van der Waals surface area (Å²) in [6, 6.07) is 7.88. The number of halogens is 1. The molecular weight excluding hydrogens is 242 g/mol. The molecule has 1 aromatic rings. The minimum Gasteiger partial charge on any atom is -0.466 e. The number of rotatable bonds is 5. The van der Waals surface area contributed by atoms with Crippen molar-refractivity contribution in [1.82, 2.24) is 0 Å². The van der Waals surface area contributed by atoms with Crippen LogP contribution >= 0.6 is 11.6 Å². The van der Waals surface area contributed by atoms with E-state index in [-0.39, 0.29) is 12.4 Å². The van der Waals surface area contributed by atoms with E-state index in [0.717, 1.165) is 0 Å². The summed E-state index contributed by atoms with van der Waals surface area (Å²) in [5.74, 6) is -0.372. The summed E-state index contributed by atoms with van der Waals surface area (Å²) >= 11 is 6.01. The summed E-state index contributed by atoms with van der Waals surface area (Å²) in [6.07, 6.45) is 0.0131. The zero-order valence-corrected chi connectivity index (χ0v) is 10.5. The first-order valence-corrected chi connectivity index (χ1v) is 5.48. The van der Waals surface area contributed by atoms with Crippen molar-refractivity contribution >= 4 is 23.3 Å². The standard InChI is InChI=1S/C12H13ClNO3/c1-3-17-12(15)8-11(14-16-2)9-6-4-5-7-10(9)13/h5-7H,3,8H2,1-2H3. The van der Waals surface area contributed by atoms with Crippen LogP contribution in [0.25, 0.3) is 0 Å². The van der Waals surface area contributed by atoms with Crippen LogP contribution in [0.5, 0.6) is 0 Å². The molecule has 0 fully saturated rings. The van der Waals surface area contributed by atoms with Crippen LogP contribution in [0.15, 0.2) is 23.4 Å². The van der Waals surface area contributed by atoms with Gasteiger partial charge in [-0.1, -0.05) is 22.8 Å². The molecule has 0 saturated heterocycles. The number of hydrogen-bond donors (Lipinski definition) is 0. The fourth-order valence-electron chi connectivity index (χ4n) is 1.27. The number of carbonyl (C=O) groups is 1. The van der Waals surface area contributed by atoms with E-state index in [9.17, 15) is 4.79 Å². The molecule has 0 aliphatic heterocycles. The van der Waals surface area contributed by atoms with E-state index in [4.69, 9.17) is 21.2 Å². The fourth-order valence-corrected chi connectivity index (χ4v) is 1.49. The number of benzene rings is 1. The van der Waals surface area contributed by atoms with Gasteiger partial charge in [0.2, 0.25) is 0 Å². The average Bonchev–Trinajstić information content (AvgIpc) is 2.29. The van der Waals surface area contributed by atoms with Crippen molar-refractivity contribution in [1.29, 1.82) is 0 Å². The highest BCUT2D eigenvalue weighted by molar-refractivity contribution is 6.34. The minimum atomic E-state index is -0.372. The van der Waals surface area contributed by atoms with Gasteiger partial charge in [0.1, 0.15) is 7.11 Å². The first-order chi connectivity index (χ1) is 8.19. The second kappa shape index (κ2) is 6.91. The van der Waals surface area contributed by atoms with Crippen LogP contribution in [0.4, 0.5) is 0 Å². The monoisotopic (exact) mass is 254 g/mol. The van der Waals surface area contributed by atoms with Crippen LogP contribution in [-0.2, 0) is 14.4 Å². The molecule has 0 spiro atoms. The van der Waals surface area contributed by atoms with Crippen molar-refractivity contribution in [2.75, 3.05) is 13.7 Å². The van der Waals surface area contributed by atoms with Gasteiger partial charge < -0.3 is 9.57 Å². The lowest BCUT2D eigenvalue weighted by molar-refractivity contribution is -0.141. The molecule has 4 nitrogen and oxygen atoms in total. The van der Waals surface area contributed by atoms with Gasteiger partial charge in [0.05, 0.1) is 18.7 Å². The second-order valence-corrected chi connectivity index (χ2v) is 3.52. The van der Waals surface area contributed by atoms with Crippen LogP contribution in [0.2, 0.25) is 5.02 Å². The molecule has 0 saturated carbocycles. The smallest absolute Gasteiger partial charge is 0.312 e. The molecule has 1 aromatic carbocycles. The fraction of sp³-hybridized carbons (Fsp3) is 0.333. The molecule has 91 valence electrons. The van der Waals surface area contributed by atoms with Gasteiger partial charge in [-0.2, -0.15) is 0 Å². The van der Waals surface area contributed by atoms with E-state index >= 15 is 0 Å². The Morgan fingerprint density at radius 1 is 1.59 bits per heavy atom. The number of esters is 1. The summed E-state index contributed by atoms with van der Waals surface area (Å²) in [5.41, 5.74) is 1.04. The molecule has 0 bridgehead atoms. The number of carbonyl (C=O) groups excluding carboxylic acids is 1. The van der Waals surface area contributed by atoms with Gasteiger partial charge in [-0.25, -0.2) is 0 Å². The van der Waals surface area contributed by atoms with E-state index in [1.807, 2.05) is 0 Å². The molecule has 0 aromatic heterocycles. The number of hydrogen-bond acceptors (Lipinski definition) is 4. The van der Waals surface area contributed by atoms with Gasteiger partial charge in [-0.3, -0.25) is 4.79 Å². The molecule has 0 unspecified atom stereocenters. The Balaban J connectivity index is 2.91. The SMILES string of the molecule is CCOC(=O)CC(=NOC)c1c[c]ccc1Cl. The predicted molar refractivity (Wildman–Crippen MR) is 65.1 cm³/mol. The lowest BCUT2D eigenvalue weighted by Crippen LogP contribution is -2.13. The summed E-state index contributed by atoms with van der Waals surface area (Å²) < 4.78 is 4.85. The van der Waals surface area contributed by atoms with E-state index in [0.29, 0.717) is 22.9 Å². The molecule has 1 rings (SSSR count). The van der Waals surface area contributed by atoms with Gasteiger partial charge in [-0.15, -0.1) is 0 Å². The van der Waals surface area contributed by atoms with Crippen LogP contribution in [0, 0.1) is 6.07 Å². The summed E-state index contributed by atoms with van der Waals surface area (Å²) in [5, 5.41) is 4.28. The van der Waals surface area contributed by atoms with Crippen LogP contribution < -0.4 is 0 Å². The highest BCUT2D eigenvalue weighted by Crippen LogP contribution is 2.17. The highest BCUT2D eigenvalue weighted by atomic mass is 35.5. The molecule has 5 heteroatoms. The summed E-state index contributed by atoms with van der Waals surface area (Å²) in [4.78, 5) is 16.1. The van der Waals surface area contributed by atoms with E-state index in [1.54, 1.807) is 25.1 Å². The van der Waals surface area contributed by atoms with E-state index in [1.165, 1.54) is 7.11 Å². The molecule has 0 aliphatic rings. The third kappa shape index (κ3) is 4.07. The van der Waals surface area contributed by atoms with Gasteiger partial charge in [0.15, 0.2) is 0 Å². The van der Waals surface area contributed by atoms with Gasteiger partial charge >= 0.3 is 5.97 Å². The third-order valence-electron chi connectivity index (χ3n) is 1.94. The van der Waals surface area contributed by atoms with Crippen LogP contribution in [0.3, 0.4) is 0 Å². The summed E-state index contributed by atoms with van der Waals surface area (Å²) in [6.45, 7) is 2.07. The van der Waals surface area contributed by atoms with Gasteiger partial charge in [0, 0.05) is 10.6 Å². The molecule has 0 heterocycles. The number of nitrogens with zero attached hydrogens (tertiary/aromatic N) is 1. The minimum absolute atomic E-state index is 0.0131. The Labute approximate surface area is 105 Å². The van der Waals surface area contributed by atoms with Crippen LogP contribution in [-0.4, -0.2) is 25.4 Å². The zero-order chi connectivity index (χ0) is 12.7. The van der Waals surface area contributed by atoms with Gasteiger partial charge in [0.25, 0.3) is 0 Å². The first kappa shape index (κ1) is 13.5. The number of ether oxygens (including phenoxy) is 1. The maximum atomic E-state index is 11.4. The van der Waals surface area contributed by atoms with Crippen molar-refractivity contribution in [2.45, 2.75) is 13.3 Å². The molecule has 0 aliphatic carbocycles. The van der Waals surface area contributed by atoms with Gasteiger partial charge in [-0.05, 0) is 25.1 Å². The maximum absolute atomic E-state index is 11.4. The Bertz CT molecular complexity index is 418. The predicted octanol–water partition coefficient (Wildman–Crippen LogP) is 2.44. The second-order valence-electron chi connectivity index (χ2n) is 3.11. The molecule has 0 amide bonds. The van der Waals surface area contributed by atoms with Crippen molar-refractivity contribution in [2.24, 2.45) is 5.16 Å². The Morgan fingerprint density at radius 3 is 2.94 bits per heavy atom. The highest BCUT2D eigenvalue weighted by Gasteiger charge is 2.14. The Morgan fingerprint density at radius 2 is 2.35 bits per heavy atom. The molecular formula is C12H13ClNO3.